The van der Waals surface area contributed by atoms with E-state index in [9.17, 15) is 9.59 Å². The van der Waals surface area contributed by atoms with Gasteiger partial charge in [-0.25, -0.2) is 9.59 Å². The molecule has 4 nitrogen and oxygen atoms in total. The molecule has 2 aromatic rings. The molecule has 1 heterocycles. The normalized spacial score (nSPS) is 12.6. The maximum Gasteiger partial charge on any atom is 0.347 e. The molecule has 0 amide bonds. The molecular formula is C16H8O4. The SMILES string of the molecule is C#Cc1cccc(Oc2ccc3c(c2)C(=O)OC3=O)c1. The van der Waals surface area contributed by atoms with Crippen molar-refractivity contribution in [3.05, 3.63) is 59.2 Å². The van der Waals surface area contributed by atoms with Crippen LogP contribution in [0, 0.1) is 12.3 Å². The molecule has 0 fully saturated rings. The van der Waals surface area contributed by atoms with Crippen LogP contribution in [0.1, 0.15) is 26.3 Å². The van der Waals surface area contributed by atoms with Gasteiger partial charge in [-0.3, -0.25) is 0 Å². The zero-order valence-corrected chi connectivity index (χ0v) is 10.3. The molecule has 0 N–H and O–H groups in total. The molecule has 0 bridgehead atoms. The number of cyclic esters (lactones) is 2. The van der Waals surface area contributed by atoms with Gasteiger partial charge in [0.2, 0.25) is 0 Å². The first-order valence-corrected chi connectivity index (χ1v) is 5.82. The van der Waals surface area contributed by atoms with Crippen molar-refractivity contribution in [3.63, 3.8) is 0 Å². The zero-order chi connectivity index (χ0) is 14.1. The van der Waals surface area contributed by atoms with E-state index in [0.717, 1.165) is 0 Å². The van der Waals surface area contributed by atoms with Crippen molar-refractivity contribution in [3.8, 4) is 23.8 Å². The second-order valence-corrected chi connectivity index (χ2v) is 4.16. The van der Waals surface area contributed by atoms with Gasteiger partial charge in [0.15, 0.2) is 0 Å². The minimum absolute atomic E-state index is 0.209. The Bertz CT molecular complexity index is 768. The number of carbonyl (C=O) groups excluding carboxylic acids is 2. The number of ether oxygens (including phenoxy) is 2. The largest absolute Gasteiger partial charge is 0.457 e. The predicted octanol–water partition coefficient (Wildman–Crippen LogP) is 2.77. The highest BCUT2D eigenvalue weighted by Crippen LogP contribution is 2.28. The number of rotatable bonds is 2. The van der Waals surface area contributed by atoms with Crippen molar-refractivity contribution in [2.45, 2.75) is 0 Å². The van der Waals surface area contributed by atoms with Crippen LogP contribution < -0.4 is 4.74 Å². The summed E-state index contributed by atoms with van der Waals surface area (Å²) in [5.74, 6) is 2.20. The zero-order valence-electron chi connectivity index (χ0n) is 10.3. The van der Waals surface area contributed by atoms with Gasteiger partial charge in [-0.2, -0.15) is 0 Å². The number of terminal acetylenes is 1. The highest BCUT2D eigenvalue weighted by molar-refractivity contribution is 6.14. The highest BCUT2D eigenvalue weighted by atomic mass is 16.6. The molecule has 0 spiro atoms. The average molecular weight is 264 g/mol. The van der Waals surface area contributed by atoms with Crippen LogP contribution >= 0.6 is 0 Å². The third kappa shape index (κ3) is 2.02. The van der Waals surface area contributed by atoms with Crippen LogP contribution in [0.25, 0.3) is 0 Å². The van der Waals surface area contributed by atoms with Crippen molar-refractivity contribution in [1.29, 1.82) is 0 Å². The van der Waals surface area contributed by atoms with Gasteiger partial charge in [0, 0.05) is 5.56 Å². The monoisotopic (exact) mass is 264 g/mol. The predicted molar refractivity (Wildman–Crippen MR) is 70.6 cm³/mol. The lowest BCUT2D eigenvalue weighted by molar-refractivity contribution is 0.0443. The van der Waals surface area contributed by atoms with Gasteiger partial charge in [0.25, 0.3) is 0 Å². The van der Waals surface area contributed by atoms with E-state index in [2.05, 4.69) is 10.7 Å². The van der Waals surface area contributed by atoms with Gasteiger partial charge in [-0.1, -0.05) is 12.0 Å². The fraction of sp³-hybridized carbons (Fsp3) is 0. The van der Waals surface area contributed by atoms with E-state index in [1.54, 1.807) is 30.3 Å². The Morgan fingerprint density at radius 2 is 1.70 bits per heavy atom. The highest BCUT2D eigenvalue weighted by Gasteiger charge is 2.29. The summed E-state index contributed by atoms with van der Waals surface area (Å²) in [5.41, 5.74) is 1.15. The number of benzene rings is 2. The Kier molecular flexibility index (Phi) is 2.73. The van der Waals surface area contributed by atoms with Crippen molar-refractivity contribution in [2.75, 3.05) is 0 Å². The van der Waals surface area contributed by atoms with Gasteiger partial charge in [-0.15, -0.1) is 6.42 Å². The van der Waals surface area contributed by atoms with Crippen molar-refractivity contribution < 1.29 is 19.1 Å². The van der Waals surface area contributed by atoms with Gasteiger partial charge in [0.1, 0.15) is 11.5 Å². The van der Waals surface area contributed by atoms with Gasteiger partial charge in [-0.05, 0) is 36.4 Å². The number of esters is 2. The van der Waals surface area contributed by atoms with E-state index in [1.165, 1.54) is 12.1 Å². The molecule has 0 radical (unpaired) electrons. The summed E-state index contributed by atoms with van der Waals surface area (Å²) in [7, 11) is 0. The molecule has 0 saturated heterocycles. The lowest BCUT2D eigenvalue weighted by Crippen LogP contribution is -1.96. The minimum Gasteiger partial charge on any atom is -0.457 e. The first-order chi connectivity index (χ1) is 9.67. The Balaban J connectivity index is 1.93. The Morgan fingerprint density at radius 3 is 2.50 bits per heavy atom. The second kappa shape index (κ2) is 4.56. The summed E-state index contributed by atoms with van der Waals surface area (Å²) in [6.07, 6.45) is 5.32. The number of carbonyl (C=O) groups is 2. The fourth-order valence-electron chi connectivity index (χ4n) is 1.91. The lowest BCUT2D eigenvalue weighted by atomic mass is 10.1. The van der Waals surface area contributed by atoms with Crippen molar-refractivity contribution >= 4 is 11.9 Å². The van der Waals surface area contributed by atoms with E-state index in [-0.39, 0.29) is 11.1 Å². The smallest absolute Gasteiger partial charge is 0.347 e. The van der Waals surface area contributed by atoms with Gasteiger partial charge >= 0.3 is 11.9 Å². The molecule has 96 valence electrons. The summed E-state index contributed by atoms with van der Waals surface area (Å²) in [5, 5.41) is 0. The van der Waals surface area contributed by atoms with Crippen LogP contribution in [0.5, 0.6) is 11.5 Å². The molecule has 0 unspecified atom stereocenters. The molecule has 0 saturated carbocycles. The van der Waals surface area contributed by atoms with Gasteiger partial charge in [0.05, 0.1) is 11.1 Å². The first-order valence-electron chi connectivity index (χ1n) is 5.82. The molecule has 4 heteroatoms. The molecular weight excluding hydrogens is 256 g/mol. The van der Waals surface area contributed by atoms with Crippen molar-refractivity contribution in [2.24, 2.45) is 0 Å². The maximum atomic E-state index is 11.5. The summed E-state index contributed by atoms with van der Waals surface area (Å²) in [6.45, 7) is 0. The Morgan fingerprint density at radius 1 is 0.950 bits per heavy atom. The van der Waals surface area contributed by atoms with Crippen molar-refractivity contribution in [1.82, 2.24) is 0 Å². The van der Waals surface area contributed by atoms with Gasteiger partial charge < -0.3 is 9.47 Å². The average Bonchev–Trinajstić information content (AvgIpc) is 2.74. The Labute approximate surface area is 114 Å². The molecule has 0 aromatic heterocycles. The van der Waals surface area contributed by atoms with Crippen LogP contribution in [0.3, 0.4) is 0 Å². The molecule has 1 aliphatic rings. The third-order valence-electron chi connectivity index (χ3n) is 2.85. The van der Waals surface area contributed by atoms with Crippen LogP contribution in [-0.2, 0) is 4.74 Å². The van der Waals surface area contributed by atoms with Crippen LogP contribution in [-0.4, -0.2) is 11.9 Å². The molecule has 2 aromatic carbocycles. The number of fused-ring (bicyclic) bond motifs is 1. The third-order valence-corrected chi connectivity index (χ3v) is 2.85. The fourth-order valence-corrected chi connectivity index (χ4v) is 1.91. The molecule has 3 rings (SSSR count). The quantitative estimate of drug-likeness (QED) is 0.475. The van der Waals surface area contributed by atoms with Crippen LogP contribution in [0.2, 0.25) is 0 Å². The van der Waals surface area contributed by atoms with E-state index in [0.29, 0.717) is 17.1 Å². The Hall–Kier alpha value is -3.06. The summed E-state index contributed by atoms with van der Waals surface area (Å²) >= 11 is 0. The van der Waals surface area contributed by atoms with E-state index < -0.39 is 11.9 Å². The molecule has 1 aliphatic heterocycles. The lowest BCUT2D eigenvalue weighted by Gasteiger charge is -2.06. The van der Waals surface area contributed by atoms with E-state index >= 15 is 0 Å². The van der Waals surface area contributed by atoms with Crippen LogP contribution in [0.15, 0.2) is 42.5 Å². The standard InChI is InChI=1S/C16H8O4/c1-2-10-4-3-5-11(8-10)19-12-6-7-13-14(9-12)16(18)20-15(13)17/h1,3-9H. The molecule has 20 heavy (non-hydrogen) atoms. The topological polar surface area (TPSA) is 52.6 Å². The summed E-state index contributed by atoms with van der Waals surface area (Å²) < 4.78 is 10.1. The number of hydrogen-bond acceptors (Lipinski definition) is 4. The second-order valence-electron chi connectivity index (χ2n) is 4.16. The first kappa shape index (κ1) is 12.0. The minimum atomic E-state index is -0.659. The van der Waals surface area contributed by atoms with E-state index in [4.69, 9.17) is 11.2 Å². The molecule has 0 atom stereocenters. The maximum absolute atomic E-state index is 11.5. The van der Waals surface area contributed by atoms with Crippen LogP contribution in [0.4, 0.5) is 0 Å². The summed E-state index contributed by atoms with van der Waals surface area (Å²) in [4.78, 5) is 22.8. The number of hydrogen-bond donors (Lipinski definition) is 0. The summed E-state index contributed by atoms with van der Waals surface area (Å²) in [6, 6.07) is 11.6. The van der Waals surface area contributed by atoms with E-state index in [1.807, 2.05) is 0 Å². The molecule has 0 aliphatic carbocycles.